The Labute approximate surface area is 119 Å². The van der Waals surface area contributed by atoms with E-state index in [0.717, 1.165) is 39.2 Å². The van der Waals surface area contributed by atoms with Gasteiger partial charge in [0.15, 0.2) is 5.65 Å². The molecule has 0 saturated heterocycles. The van der Waals surface area contributed by atoms with Crippen molar-refractivity contribution in [1.29, 1.82) is 0 Å². The quantitative estimate of drug-likeness (QED) is 0.436. The van der Waals surface area contributed by atoms with Gasteiger partial charge in [0.05, 0.1) is 16.6 Å². The number of fused-ring (bicyclic) bond motifs is 8. The second-order valence-electron chi connectivity index (χ2n) is 5.16. The van der Waals surface area contributed by atoms with Crippen molar-refractivity contribution >= 4 is 33.4 Å². The van der Waals surface area contributed by atoms with E-state index in [1.54, 1.807) is 0 Å². The van der Waals surface area contributed by atoms with Gasteiger partial charge in [-0.1, -0.05) is 24.3 Å². The summed E-state index contributed by atoms with van der Waals surface area (Å²) in [5.41, 5.74) is 4.02. The minimum absolute atomic E-state index is 0.844. The van der Waals surface area contributed by atoms with E-state index in [1.165, 1.54) is 0 Å². The van der Waals surface area contributed by atoms with Gasteiger partial charge in [-0.2, -0.15) is 0 Å². The van der Waals surface area contributed by atoms with Crippen molar-refractivity contribution < 1.29 is 0 Å². The van der Waals surface area contributed by atoms with E-state index in [4.69, 9.17) is 4.98 Å². The molecule has 5 nitrogen and oxygen atoms in total. The van der Waals surface area contributed by atoms with Crippen LogP contribution in [0.4, 0.5) is 0 Å². The molecule has 0 aliphatic heterocycles. The monoisotopic (exact) mass is 273 g/mol. The highest BCUT2D eigenvalue weighted by atomic mass is 15.3. The third kappa shape index (κ3) is 1.23. The van der Waals surface area contributed by atoms with Gasteiger partial charge in [-0.25, -0.2) is 9.38 Å². The fourth-order valence-electron chi connectivity index (χ4n) is 3.03. The summed E-state index contributed by atoms with van der Waals surface area (Å²) < 4.78 is 4.19. The SMILES string of the molecule is Cc1nnc2c3ccccc3n3c4ccccc4nc3n12. The zero-order valence-corrected chi connectivity index (χ0v) is 11.4. The van der Waals surface area contributed by atoms with Crippen LogP contribution in [0, 0.1) is 6.92 Å². The van der Waals surface area contributed by atoms with Gasteiger partial charge in [-0.3, -0.25) is 4.40 Å². The van der Waals surface area contributed by atoms with Gasteiger partial charge in [0.1, 0.15) is 5.82 Å². The summed E-state index contributed by atoms with van der Waals surface area (Å²) in [6.45, 7) is 1.95. The van der Waals surface area contributed by atoms with Crippen molar-refractivity contribution in [2.24, 2.45) is 0 Å². The van der Waals surface area contributed by atoms with Crippen LogP contribution in [0.3, 0.4) is 0 Å². The highest BCUT2D eigenvalue weighted by Crippen LogP contribution is 2.26. The van der Waals surface area contributed by atoms with Crippen molar-refractivity contribution in [2.75, 3.05) is 0 Å². The Morgan fingerprint density at radius 1 is 0.810 bits per heavy atom. The van der Waals surface area contributed by atoms with Crippen LogP contribution < -0.4 is 0 Å². The molecule has 3 aromatic heterocycles. The molecule has 0 aliphatic rings. The van der Waals surface area contributed by atoms with Gasteiger partial charge in [-0.05, 0) is 31.2 Å². The van der Waals surface area contributed by atoms with Gasteiger partial charge in [-0.15, -0.1) is 10.2 Å². The van der Waals surface area contributed by atoms with E-state index in [9.17, 15) is 0 Å². The zero-order chi connectivity index (χ0) is 14.0. The third-order valence-electron chi connectivity index (χ3n) is 3.95. The first-order valence-corrected chi connectivity index (χ1v) is 6.84. The smallest absolute Gasteiger partial charge is 0.222 e. The maximum atomic E-state index is 4.77. The molecule has 3 heterocycles. The number of aromatic nitrogens is 5. The molecule has 0 radical (unpaired) electrons. The fraction of sp³-hybridized carbons (Fsp3) is 0.0625. The Morgan fingerprint density at radius 2 is 1.57 bits per heavy atom. The highest BCUT2D eigenvalue weighted by molar-refractivity contribution is 5.97. The fourth-order valence-corrected chi connectivity index (χ4v) is 3.03. The first kappa shape index (κ1) is 10.8. The van der Waals surface area contributed by atoms with Gasteiger partial charge < -0.3 is 0 Å². The lowest BCUT2D eigenvalue weighted by Crippen LogP contribution is -1.99. The largest absolute Gasteiger partial charge is 0.277 e. The average molecular weight is 273 g/mol. The first-order valence-electron chi connectivity index (χ1n) is 6.84. The molecule has 5 rings (SSSR count). The van der Waals surface area contributed by atoms with Crippen LogP contribution in [0.1, 0.15) is 5.82 Å². The molecule has 5 aromatic rings. The van der Waals surface area contributed by atoms with Gasteiger partial charge in [0.25, 0.3) is 0 Å². The third-order valence-corrected chi connectivity index (χ3v) is 3.95. The lowest BCUT2D eigenvalue weighted by molar-refractivity contribution is 1.000. The molecule has 0 saturated carbocycles. The average Bonchev–Trinajstić information content (AvgIpc) is 3.08. The predicted octanol–water partition coefficient (Wildman–Crippen LogP) is 2.99. The summed E-state index contributed by atoms with van der Waals surface area (Å²) in [7, 11) is 0. The number of aryl methyl sites for hydroxylation is 1. The first-order chi connectivity index (χ1) is 10.3. The number of imidazole rings is 1. The van der Waals surface area contributed by atoms with Crippen LogP contribution in [0.25, 0.3) is 33.4 Å². The molecule has 0 spiro atoms. The van der Waals surface area contributed by atoms with Gasteiger partial charge in [0, 0.05) is 5.39 Å². The summed E-state index contributed by atoms with van der Waals surface area (Å²) in [6, 6.07) is 16.4. The minimum Gasteiger partial charge on any atom is -0.277 e. The van der Waals surface area contributed by atoms with Crippen molar-refractivity contribution in [2.45, 2.75) is 6.92 Å². The van der Waals surface area contributed by atoms with Crippen LogP contribution >= 0.6 is 0 Å². The van der Waals surface area contributed by atoms with E-state index in [2.05, 4.69) is 32.8 Å². The van der Waals surface area contributed by atoms with Crippen LogP contribution in [-0.2, 0) is 0 Å². The Kier molecular flexibility index (Phi) is 1.84. The van der Waals surface area contributed by atoms with Crippen LogP contribution in [0.15, 0.2) is 48.5 Å². The van der Waals surface area contributed by atoms with Gasteiger partial charge in [0.2, 0.25) is 5.78 Å². The van der Waals surface area contributed by atoms with E-state index in [-0.39, 0.29) is 0 Å². The van der Waals surface area contributed by atoms with E-state index >= 15 is 0 Å². The van der Waals surface area contributed by atoms with Crippen molar-refractivity contribution in [3.63, 3.8) is 0 Å². The number of nitrogens with zero attached hydrogens (tertiary/aromatic N) is 5. The summed E-state index contributed by atoms with van der Waals surface area (Å²) in [5.74, 6) is 1.70. The van der Waals surface area contributed by atoms with E-state index in [1.807, 2.05) is 41.7 Å². The Morgan fingerprint density at radius 3 is 2.48 bits per heavy atom. The lowest BCUT2D eigenvalue weighted by Gasteiger charge is -2.06. The molecule has 0 fully saturated rings. The predicted molar refractivity (Wildman–Crippen MR) is 81.5 cm³/mol. The van der Waals surface area contributed by atoms with Crippen molar-refractivity contribution in [1.82, 2.24) is 24.0 Å². The number of para-hydroxylation sites is 3. The van der Waals surface area contributed by atoms with Gasteiger partial charge >= 0.3 is 0 Å². The number of rotatable bonds is 0. The Hall–Kier alpha value is -2.95. The molecule has 0 atom stereocenters. The number of hydrogen-bond acceptors (Lipinski definition) is 3. The van der Waals surface area contributed by atoms with Crippen LogP contribution in [0.5, 0.6) is 0 Å². The molecular weight excluding hydrogens is 262 g/mol. The van der Waals surface area contributed by atoms with Crippen molar-refractivity contribution in [3.8, 4) is 0 Å². The normalized spacial score (nSPS) is 12.0. The summed E-state index contributed by atoms with van der Waals surface area (Å²) >= 11 is 0. The standard InChI is InChI=1S/C16H11N5/c1-10-18-19-15-11-6-2-4-8-13(11)21-14-9-5-3-7-12(14)17-16(21)20(10)15/h2-9H,1H3. The minimum atomic E-state index is 0.844. The topological polar surface area (TPSA) is 47.5 Å². The lowest BCUT2D eigenvalue weighted by atomic mass is 10.2. The molecule has 0 aliphatic carbocycles. The Balaban J connectivity index is 2.27. The second-order valence-corrected chi connectivity index (χ2v) is 5.16. The number of benzene rings is 2. The molecule has 0 amide bonds. The molecule has 5 heteroatoms. The molecule has 0 bridgehead atoms. The summed E-state index contributed by atoms with van der Waals surface area (Å²) in [4.78, 5) is 4.77. The van der Waals surface area contributed by atoms with Crippen molar-refractivity contribution in [3.05, 3.63) is 54.4 Å². The molecule has 2 aromatic carbocycles. The maximum absolute atomic E-state index is 4.77. The summed E-state index contributed by atoms with van der Waals surface area (Å²) in [5, 5.41) is 9.63. The van der Waals surface area contributed by atoms with Crippen LogP contribution in [-0.4, -0.2) is 24.0 Å². The van der Waals surface area contributed by atoms with Crippen LogP contribution in [0.2, 0.25) is 0 Å². The molecule has 0 unspecified atom stereocenters. The molecule has 0 N–H and O–H groups in total. The molecule has 21 heavy (non-hydrogen) atoms. The molecule has 100 valence electrons. The highest BCUT2D eigenvalue weighted by Gasteiger charge is 2.15. The summed E-state index contributed by atoms with van der Waals surface area (Å²) in [6.07, 6.45) is 0. The Bertz CT molecular complexity index is 1150. The number of hydrogen-bond donors (Lipinski definition) is 0. The maximum Gasteiger partial charge on any atom is 0.222 e. The zero-order valence-electron chi connectivity index (χ0n) is 11.4. The van der Waals surface area contributed by atoms with E-state index < -0.39 is 0 Å². The molecular formula is C16H11N5. The second kappa shape index (κ2) is 3.58. The van der Waals surface area contributed by atoms with E-state index in [0.29, 0.717) is 0 Å².